The molecule has 0 amide bonds. The minimum absolute atomic E-state index is 0.0916. The van der Waals surface area contributed by atoms with Gasteiger partial charge in [0.2, 0.25) is 0 Å². The van der Waals surface area contributed by atoms with E-state index in [-0.39, 0.29) is 11.0 Å². The predicted molar refractivity (Wildman–Crippen MR) is 63.7 cm³/mol. The molecular weight excluding hydrogens is 209 g/mol. The quantitative estimate of drug-likeness (QED) is 0.593. The van der Waals surface area contributed by atoms with Gasteiger partial charge in [-0.25, -0.2) is 0 Å². The van der Waals surface area contributed by atoms with Gasteiger partial charge in [-0.1, -0.05) is 20.8 Å². The van der Waals surface area contributed by atoms with Crippen molar-refractivity contribution < 1.29 is 9.09 Å². The smallest absolute Gasteiger partial charge is 0.340 e. The predicted octanol–water partition coefficient (Wildman–Crippen LogP) is 3.83. The Hall–Kier alpha value is -0.430. The summed E-state index contributed by atoms with van der Waals surface area (Å²) in [7, 11) is -2.69. The first-order valence-electron chi connectivity index (χ1n) is 5.24. The first-order chi connectivity index (χ1) is 6.44. The zero-order valence-corrected chi connectivity index (χ0v) is 11.7. The van der Waals surface area contributed by atoms with Crippen LogP contribution in [-0.4, -0.2) is 16.9 Å². The largest absolute Gasteiger partial charge is 0.431 e. The molecule has 0 spiro atoms. The molecule has 15 heavy (non-hydrogen) atoms. The molecule has 0 aromatic heterocycles. The molecule has 0 bridgehead atoms. The molecule has 0 aromatic carbocycles. The Morgan fingerprint density at radius 3 is 1.87 bits per heavy atom. The SMILES string of the molecule is CC(C)(C)C1=CN(C(C)(C)C)P(C)(=O)O1. The number of hydrogen-bond acceptors (Lipinski definition) is 2. The lowest BCUT2D eigenvalue weighted by atomic mass is 9.94. The molecule has 1 heterocycles. The number of allylic oxidation sites excluding steroid dienone is 1. The van der Waals surface area contributed by atoms with Gasteiger partial charge in [0.15, 0.2) is 0 Å². The summed E-state index contributed by atoms with van der Waals surface area (Å²) in [6.45, 7) is 14.0. The van der Waals surface area contributed by atoms with Crippen LogP contribution in [-0.2, 0) is 9.09 Å². The third-order valence-corrected chi connectivity index (χ3v) is 4.36. The molecule has 0 saturated heterocycles. The fourth-order valence-electron chi connectivity index (χ4n) is 1.54. The molecule has 1 atom stereocenters. The van der Waals surface area contributed by atoms with Gasteiger partial charge >= 0.3 is 7.52 Å². The van der Waals surface area contributed by atoms with E-state index in [1.807, 2.05) is 31.6 Å². The fraction of sp³-hybridized carbons (Fsp3) is 0.818. The topological polar surface area (TPSA) is 29.5 Å². The molecule has 88 valence electrons. The van der Waals surface area contributed by atoms with Crippen molar-refractivity contribution in [2.45, 2.75) is 47.1 Å². The van der Waals surface area contributed by atoms with Crippen LogP contribution in [0.5, 0.6) is 0 Å². The Balaban J connectivity index is 3.09. The van der Waals surface area contributed by atoms with Crippen molar-refractivity contribution >= 4 is 7.52 Å². The summed E-state index contributed by atoms with van der Waals surface area (Å²) in [6.07, 6.45) is 1.90. The molecule has 0 N–H and O–H groups in total. The molecular formula is C11H22NO2P. The van der Waals surface area contributed by atoms with Gasteiger partial charge in [-0.2, -0.15) is 0 Å². The summed E-state index contributed by atoms with van der Waals surface area (Å²) in [5, 5.41) is 0. The van der Waals surface area contributed by atoms with Crippen LogP contribution < -0.4 is 0 Å². The third kappa shape index (κ3) is 2.57. The highest BCUT2D eigenvalue weighted by atomic mass is 31.2. The Labute approximate surface area is 93.0 Å². The normalized spacial score (nSPS) is 27.7. The average Bonchev–Trinajstić information content (AvgIpc) is 2.22. The van der Waals surface area contributed by atoms with Crippen LogP contribution in [0.3, 0.4) is 0 Å². The van der Waals surface area contributed by atoms with Gasteiger partial charge in [0.1, 0.15) is 5.76 Å². The molecule has 0 saturated carbocycles. The van der Waals surface area contributed by atoms with Crippen molar-refractivity contribution in [3.8, 4) is 0 Å². The van der Waals surface area contributed by atoms with Crippen LogP contribution in [0.1, 0.15) is 41.5 Å². The van der Waals surface area contributed by atoms with E-state index in [0.717, 1.165) is 5.76 Å². The maximum atomic E-state index is 12.3. The van der Waals surface area contributed by atoms with Crippen LogP contribution in [0, 0.1) is 5.41 Å². The highest BCUT2D eigenvalue weighted by molar-refractivity contribution is 7.56. The number of hydrogen-bond donors (Lipinski definition) is 0. The van der Waals surface area contributed by atoms with E-state index in [1.54, 1.807) is 6.66 Å². The summed E-state index contributed by atoms with van der Waals surface area (Å²) in [4.78, 5) is 0. The lowest BCUT2D eigenvalue weighted by molar-refractivity contribution is 0.283. The van der Waals surface area contributed by atoms with Crippen LogP contribution >= 0.6 is 7.52 Å². The van der Waals surface area contributed by atoms with Crippen molar-refractivity contribution in [2.24, 2.45) is 5.41 Å². The monoisotopic (exact) mass is 231 g/mol. The van der Waals surface area contributed by atoms with Crippen molar-refractivity contribution in [1.29, 1.82) is 0 Å². The van der Waals surface area contributed by atoms with Crippen LogP contribution in [0.25, 0.3) is 0 Å². The van der Waals surface area contributed by atoms with Crippen LogP contribution in [0.4, 0.5) is 0 Å². The summed E-state index contributed by atoms with van der Waals surface area (Å²) in [6, 6.07) is 0. The maximum absolute atomic E-state index is 12.3. The molecule has 4 heteroatoms. The molecule has 0 aliphatic carbocycles. The maximum Gasteiger partial charge on any atom is 0.340 e. The molecule has 1 aliphatic rings. The van der Waals surface area contributed by atoms with E-state index in [2.05, 4.69) is 20.8 Å². The second-order valence-electron chi connectivity index (χ2n) is 6.15. The first kappa shape index (κ1) is 12.6. The molecule has 1 unspecified atom stereocenters. The second-order valence-corrected chi connectivity index (χ2v) is 8.37. The van der Waals surface area contributed by atoms with E-state index in [0.29, 0.717) is 0 Å². The van der Waals surface area contributed by atoms with Crippen molar-refractivity contribution in [1.82, 2.24) is 4.67 Å². The molecule has 1 aliphatic heterocycles. The Morgan fingerprint density at radius 2 is 1.67 bits per heavy atom. The lowest BCUT2D eigenvalue weighted by Crippen LogP contribution is -2.32. The van der Waals surface area contributed by atoms with Crippen LogP contribution in [0.2, 0.25) is 0 Å². The van der Waals surface area contributed by atoms with E-state index in [4.69, 9.17) is 4.52 Å². The highest BCUT2D eigenvalue weighted by Crippen LogP contribution is 2.59. The van der Waals surface area contributed by atoms with Gasteiger partial charge in [0, 0.05) is 23.8 Å². The van der Waals surface area contributed by atoms with Crippen molar-refractivity contribution in [3.05, 3.63) is 12.0 Å². The second kappa shape index (κ2) is 3.28. The molecule has 0 aromatic rings. The van der Waals surface area contributed by atoms with Crippen molar-refractivity contribution in [3.63, 3.8) is 0 Å². The third-order valence-electron chi connectivity index (χ3n) is 2.33. The summed E-state index contributed by atoms with van der Waals surface area (Å²) in [5.74, 6) is 0.809. The Bertz CT molecular complexity index is 333. The summed E-state index contributed by atoms with van der Waals surface area (Å²) < 4.78 is 19.7. The van der Waals surface area contributed by atoms with Gasteiger partial charge in [0.05, 0.1) is 0 Å². The number of nitrogens with zero attached hydrogens (tertiary/aromatic N) is 1. The summed E-state index contributed by atoms with van der Waals surface area (Å²) in [5.41, 5.74) is -0.261. The van der Waals surface area contributed by atoms with Crippen molar-refractivity contribution in [2.75, 3.05) is 6.66 Å². The standard InChI is InChI=1S/C11H22NO2P/c1-10(2,3)9-8-12(11(4,5)6)15(7,13)14-9/h8H,1-7H3. The molecule has 1 rings (SSSR count). The van der Waals surface area contributed by atoms with Gasteiger partial charge in [-0.3, -0.25) is 9.24 Å². The van der Waals surface area contributed by atoms with Gasteiger partial charge in [0.25, 0.3) is 0 Å². The van der Waals surface area contributed by atoms with Gasteiger partial charge < -0.3 is 4.52 Å². The molecule has 3 nitrogen and oxygen atoms in total. The number of rotatable bonds is 0. The zero-order chi connectivity index (χ0) is 12.1. The van der Waals surface area contributed by atoms with E-state index in [1.165, 1.54) is 0 Å². The molecule has 0 fully saturated rings. The minimum Gasteiger partial charge on any atom is -0.431 e. The van der Waals surface area contributed by atoms with Gasteiger partial charge in [-0.15, -0.1) is 0 Å². The minimum atomic E-state index is -2.69. The Morgan fingerprint density at radius 1 is 1.20 bits per heavy atom. The summed E-state index contributed by atoms with van der Waals surface area (Å²) >= 11 is 0. The Kier molecular flexibility index (Phi) is 2.76. The highest BCUT2D eigenvalue weighted by Gasteiger charge is 2.42. The van der Waals surface area contributed by atoms with E-state index >= 15 is 0 Å². The average molecular weight is 231 g/mol. The van der Waals surface area contributed by atoms with E-state index < -0.39 is 7.52 Å². The fourth-order valence-corrected chi connectivity index (χ4v) is 3.71. The van der Waals surface area contributed by atoms with Gasteiger partial charge in [-0.05, 0) is 20.8 Å². The lowest BCUT2D eigenvalue weighted by Gasteiger charge is -2.33. The van der Waals surface area contributed by atoms with E-state index in [9.17, 15) is 4.57 Å². The molecule has 0 radical (unpaired) electrons. The van der Waals surface area contributed by atoms with Crippen LogP contribution in [0.15, 0.2) is 12.0 Å². The zero-order valence-electron chi connectivity index (χ0n) is 10.8. The first-order valence-corrected chi connectivity index (χ1v) is 7.26.